The van der Waals surface area contributed by atoms with Crippen LogP contribution >= 0.6 is 0 Å². The van der Waals surface area contributed by atoms with Crippen LogP contribution in [0.25, 0.3) is 0 Å². The number of fused-ring (bicyclic) bond motifs is 1. The van der Waals surface area contributed by atoms with Gasteiger partial charge in [-0.15, -0.1) is 0 Å². The first-order chi connectivity index (χ1) is 19.2. The van der Waals surface area contributed by atoms with Gasteiger partial charge in [0.2, 0.25) is 5.91 Å². The number of ether oxygens (including phenoxy) is 1. The van der Waals surface area contributed by atoms with Gasteiger partial charge in [0.25, 0.3) is 5.91 Å². The van der Waals surface area contributed by atoms with Crippen molar-refractivity contribution in [2.24, 2.45) is 5.92 Å². The topological polar surface area (TPSA) is 111 Å². The highest BCUT2D eigenvalue weighted by Crippen LogP contribution is 2.31. The Bertz CT molecular complexity index is 1320. The minimum absolute atomic E-state index is 0.150. The Kier molecular flexibility index (Phi) is 9.39. The summed E-state index contributed by atoms with van der Waals surface area (Å²) < 4.78 is 6.36. The van der Waals surface area contributed by atoms with E-state index in [4.69, 9.17) is 4.74 Å². The first kappa shape index (κ1) is 28.6. The molecule has 0 unspecified atom stereocenters. The SMILES string of the molecule is C[C@@H]1CN([C@@H](C)CO)C(=O)c2cc(NC(=O)Cc3ccccc3)ccc2O[C@H]1CN(C)C(=O)Nc1ccccc1. The van der Waals surface area contributed by atoms with Gasteiger partial charge in [0, 0.05) is 30.9 Å². The molecule has 0 saturated carbocycles. The third kappa shape index (κ3) is 7.18. The van der Waals surface area contributed by atoms with E-state index in [0.29, 0.717) is 23.7 Å². The van der Waals surface area contributed by atoms with Crippen molar-refractivity contribution in [3.05, 3.63) is 90.0 Å². The van der Waals surface area contributed by atoms with Crippen LogP contribution in [-0.4, -0.2) is 71.6 Å². The van der Waals surface area contributed by atoms with Crippen molar-refractivity contribution < 1.29 is 24.2 Å². The van der Waals surface area contributed by atoms with E-state index in [1.165, 1.54) is 0 Å². The second-order valence-corrected chi connectivity index (χ2v) is 10.2. The molecule has 9 heteroatoms. The number of aliphatic hydroxyl groups excluding tert-OH is 1. The maximum atomic E-state index is 13.7. The molecular weight excluding hydrogens is 508 g/mol. The van der Waals surface area contributed by atoms with E-state index in [0.717, 1.165) is 5.56 Å². The lowest BCUT2D eigenvalue weighted by molar-refractivity contribution is -0.115. The van der Waals surface area contributed by atoms with Gasteiger partial charge in [-0.25, -0.2) is 4.79 Å². The molecule has 4 rings (SSSR count). The van der Waals surface area contributed by atoms with Crippen molar-refractivity contribution in [2.45, 2.75) is 32.4 Å². The average molecular weight is 545 g/mol. The molecule has 0 aliphatic carbocycles. The van der Waals surface area contributed by atoms with Gasteiger partial charge >= 0.3 is 6.03 Å². The molecule has 1 heterocycles. The van der Waals surface area contributed by atoms with Crippen LogP contribution in [0.3, 0.4) is 0 Å². The standard InChI is InChI=1S/C31H36N4O5/c1-21-18-35(22(2)20-36)30(38)26-17-25(32-29(37)16-23-10-6-4-7-11-23)14-15-27(26)40-28(21)19-34(3)31(39)33-24-12-8-5-9-13-24/h4-15,17,21-22,28,36H,16,18-20H2,1-3H3,(H,32,37)(H,33,39)/t21-,22+,28+/m1/s1. The molecule has 210 valence electrons. The van der Waals surface area contributed by atoms with E-state index in [1.54, 1.807) is 42.0 Å². The monoisotopic (exact) mass is 544 g/mol. The van der Waals surface area contributed by atoms with E-state index in [9.17, 15) is 19.5 Å². The van der Waals surface area contributed by atoms with E-state index >= 15 is 0 Å². The summed E-state index contributed by atoms with van der Waals surface area (Å²) in [5, 5.41) is 15.6. The molecule has 0 bridgehead atoms. The lowest BCUT2D eigenvalue weighted by Gasteiger charge is -2.38. The summed E-state index contributed by atoms with van der Waals surface area (Å²) in [7, 11) is 1.69. The van der Waals surface area contributed by atoms with Gasteiger partial charge in [-0.3, -0.25) is 9.59 Å². The second-order valence-electron chi connectivity index (χ2n) is 10.2. The molecule has 1 aliphatic rings. The van der Waals surface area contributed by atoms with E-state index in [2.05, 4.69) is 10.6 Å². The van der Waals surface area contributed by atoms with E-state index in [1.807, 2.05) is 67.6 Å². The number of hydrogen-bond acceptors (Lipinski definition) is 5. The van der Waals surface area contributed by atoms with Crippen LogP contribution in [0.1, 0.15) is 29.8 Å². The molecule has 9 nitrogen and oxygen atoms in total. The number of nitrogens with zero attached hydrogens (tertiary/aromatic N) is 2. The number of hydrogen-bond donors (Lipinski definition) is 3. The Morgan fingerprint density at radius 2 is 1.70 bits per heavy atom. The number of benzene rings is 3. The number of anilines is 2. The molecule has 3 aromatic rings. The Morgan fingerprint density at radius 3 is 2.38 bits per heavy atom. The molecule has 0 saturated heterocycles. The summed E-state index contributed by atoms with van der Waals surface area (Å²) in [4.78, 5) is 42.4. The fourth-order valence-electron chi connectivity index (χ4n) is 4.60. The number of likely N-dealkylation sites (N-methyl/N-ethyl adjacent to an activating group) is 1. The molecule has 4 amide bonds. The fraction of sp³-hybridized carbons (Fsp3) is 0.323. The molecule has 0 spiro atoms. The van der Waals surface area contributed by atoms with Crippen molar-refractivity contribution in [3.8, 4) is 5.75 Å². The Morgan fingerprint density at radius 1 is 1.02 bits per heavy atom. The predicted molar refractivity (Wildman–Crippen MR) is 154 cm³/mol. The highest BCUT2D eigenvalue weighted by molar-refractivity contribution is 6.00. The lowest BCUT2D eigenvalue weighted by atomic mass is 9.99. The third-order valence-corrected chi connectivity index (χ3v) is 6.98. The summed E-state index contributed by atoms with van der Waals surface area (Å²) >= 11 is 0. The summed E-state index contributed by atoms with van der Waals surface area (Å²) in [5.41, 5.74) is 2.32. The zero-order valence-electron chi connectivity index (χ0n) is 23.0. The fourth-order valence-corrected chi connectivity index (χ4v) is 4.60. The largest absolute Gasteiger partial charge is 0.487 e. The quantitative estimate of drug-likeness (QED) is 0.393. The van der Waals surface area contributed by atoms with Crippen molar-refractivity contribution in [1.82, 2.24) is 9.80 Å². The first-order valence-corrected chi connectivity index (χ1v) is 13.4. The number of nitrogens with one attached hydrogen (secondary N) is 2. The van der Waals surface area contributed by atoms with Crippen molar-refractivity contribution >= 4 is 29.2 Å². The number of carbonyl (C=O) groups is 3. The Labute approximate surface area is 234 Å². The van der Waals surface area contributed by atoms with Crippen LogP contribution in [0.5, 0.6) is 5.75 Å². The van der Waals surface area contributed by atoms with Gasteiger partial charge in [-0.1, -0.05) is 55.5 Å². The number of urea groups is 1. The van der Waals surface area contributed by atoms with Crippen molar-refractivity contribution in [2.75, 3.05) is 37.4 Å². The predicted octanol–water partition coefficient (Wildman–Crippen LogP) is 4.25. The summed E-state index contributed by atoms with van der Waals surface area (Å²) in [5.74, 6) is -0.294. The second kappa shape index (κ2) is 13.1. The average Bonchev–Trinajstić information content (AvgIpc) is 2.95. The minimum atomic E-state index is -0.440. The van der Waals surface area contributed by atoms with Gasteiger partial charge in [-0.05, 0) is 42.8 Å². The Hall–Kier alpha value is -4.37. The van der Waals surface area contributed by atoms with Crippen LogP contribution in [0.15, 0.2) is 78.9 Å². The normalized spacial score (nSPS) is 17.5. The molecule has 1 aliphatic heterocycles. The van der Waals surface area contributed by atoms with Crippen LogP contribution in [0.4, 0.5) is 16.2 Å². The maximum Gasteiger partial charge on any atom is 0.321 e. The van der Waals surface area contributed by atoms with E-state index in [-0.39, 0.29) is 48.9 Å². The molecule has 0 fully saturated rings. The van der Waals surface area contributed by atoms with Crippen LogP contribution < -0.4 is 15.4 Å². The number of carbonyl (C=O) groups excluding carboxylic acids is 3. The zero-order chi connectivity index (χ0) is 28.6. The van der Waals surface area contributed by atoms with Gasteiger partial charge in [0.05, 0.1) is 31.2 Å². The molecule has 3 aromatic carbocycles. The number of para-hydroxylation sites is 1. The molecule has 40 heavy (non-hydrogen) atoms. The van der Waals surface area contributed by atoms with Crippen LogP contribution in [0, 0.1) is 5.92 Å². The highest BCUT2D eigenvalue weighted by Gasteiger charge is 2.34. The van der Waals surface area contributed by atoms with Crippen molar-refractivity contribution in [3.63, 3.8) is 0 Å². The highest BCUT2D eigenvalue weighted by atomic mass is 16.5. The number of rotatable bonds is 8. The number of amides is 4. The van der Waals surface area contributed by atoms with Crippen LogP contribution in [0.2, 0.25) is 0 Å². The van der Waals surface area contributed by atoms with Crippen LogP contribution in [-0.2, 0) is 11.2 Å². The molecular formula is C31H36N4O5. The smallest absolute Gasteiger partial charge is 0.321 e. The van der Waals surface area contributed by atoms with E-state index < -0.39 is 12.1 Å². The first-order valence-electron chi connectivity index (χ1n) is 13.4. The maximum absolute atomic E-state index is 13.7. The molecule has 0 radical (unpaired) electrons. The van der Waals surface area contributed by atoms with Gasteiger partial charge in [0.15, 0.2) is 0 Å². The molecule has 3 N–H and O–H groups in total. The van der Waals surface area contributed by atoms with Gasteiger partial charge in [0.1, 0.15) is 11.9 Å². The van der Waals surface area contributed by atoms with Gasteiger partial charge < -0.3 is 30.3 Å². The minimum Gasteiger partial charge on any atom is -0.487 e. The summed E-state index contributed by atoms with van der Waals surface area (Å²) in [6.45, 7) is 4.13. The molecule has 3 atom stereocenters. The molecule has 0 aromatic heterocycles. The van der Waals surface area contributed by atoms with Crippen molar-refractivity contribution in [1.29, 1.82) is 0 Å². The van der Waals surface area contributed by atoms with Gasteiger partial charge in [-0.2, -0.15) is 0 Å². The number of aliphatic hydroxyl groups is 1. The summed E-state index contributed by atoms with van der Waals surface area (Å²) in [6.07, 6.45) is -0.238. The summed E-state index contributed by atoms with van der Waals surface area (Å²) in [6, 6.07) is 22.9. The third-order valence-electron chi connectivity index (χ3n) is 6.98. The zero-order valence-corrected chi connectivity index (χ0v) is 23.0. The Balaban J connectivity index is 1.55. The lowest BCUT2D eigenvalue weighted by Crippen LogP contribution is -2.50.